The minimum atomic E-state index is -1.08. The first kappa shape index (κ1) is 19.8. The van der Waals surface area contributed by atoms with E-state index in [4.69, 9.17) is 15.0 Å². The lowest BCUT2D eigenvalue weighted by Crippen LogP contribution is -2.48. The lowest BCUT2D eigenvalue weighted by molar-refractivity contribution is 0.143. The summed E-state index contributed by atoms with van der Waals surface area (Å²) in [5.41, 5.74) is 1.84. The van der Waals surface area contributed by atoms with Gasteiger partial charge < -0.3 is 15.3 Å². The number of nitrogens with zero attached hydrogens (tertiary/aromatic N) is 4. The average molecular weight is 474 g/mol. The predicted octanol–water partition coefficient (Wildman–Crippen LogP) is 3.43. The smallest absolute Gasteiger partial charge is 0.227 e. The average Bonchev–Trinajstić information content (AvgIpc) is 3.46. The molecule has 3 aliphatic rings. The Kier molecular flexibility index (Phi) is 4.86. The Hall–Kier alpha value is -1.88. The number of fused-ring (bicyclic) bond motifs is 2. The number of aromatic nitrogens is 3. The van der Waals surface area contributed by atoms with Gasteiger partial charge in [-0.2, -0.15) is 4.98 Å². The topological polar surface area (TPSA) is 91.2 Å². The molecule has 2 N–H and O–H groups in total. The Morgan fingerprint density at radius 3 is 2.87 bits per heavy atom. The second kappa shape index (κ2) is 7.61. The number of thiazole rings is 1. The molecule has 3 aromatic rings. The summed E-state index contributed by atoms with van der Waals surface area (Å²) in [6, 6.07) is 2.13. The molecule has 0 unspecified atom stereocenters. The number of hydrogen-bond donors (Lipinski definition) is 2. The van der Waals surface area contributed by atoms with Gasteiger partial charge in [0.05, 0.1) is 33.3 Å². The van der Waals surface area contributed by atoms with Gasteiger partial charge in [0.2, 0.25) is 5.95 Å². The van der Waals surface area contributed by atoms with Gasteiger partial charge in [-0.3, -0.25) is 4.21 Å². The Morgan fingerprint density at radius 1 is 1.26 bits per heavy atom. The van der Waals surface area contributed by atoms with E-state index in [1.165, 1.54) is 10.3 Å². The Labute approximate surface area is 190 Å². The first-order valence-corrected chi connectivity index (χ1v) is 13.6. The molecular formula is C21H23N5O2S3. The second-order valence-corrected chi connectivity index (χ2v) is 11.8. The van der Waals surface area contributed by atoms with Crippen LogP contribution in [0.3, 0.4) is 0 Å². The van der Waals surface area contributed by atoms with Gasteiger partial charge in [-0.1, -0.05) is 6.08 Å². The molecule has 2 aliphatic heterocycles. The Morgan fingerprint density at radius 2 is 2.16 bits per heavy atom. The molecule has 31 heavy (non-hydrogen) atoms. The van der Waals surface area contributed by atoms with Crippen LogP contribution in [0.2, 0.25) is 0 Å². The molecule has 0 saturated heterocycles. The summed E-state index contributed by atoms with van der Waals surface area (Å²) in [5, 5.41) is 16.6. The molecule has 0 spiro atoms. The number of aliphatic hydroxyl groups is 1. The molecule has 10 heteroatoms. The van der Waals surface area contributed by atoms with E-state index in [0.29, 0.717) is 23.9 Å². The summed E-state index contributed by atoms with van der Waals surface area (Å²) in [4.78, 5) is 18.4. The van der Waals surface area contributed by atoms with Crippen LogP contribution in [-0.4, -0.2) is 55.3 Å². The van der Waals surface area contributed by atoms with Crippen molar-refractivity contribution in [2.24, 2.45) is 0 Å². The number of anilines is 2. The minimum Gasteiger partial charge on any atom is -0.394 e. The van der Waals surface area contributed by atoms with Gasteiger partial charge in [0.1, 0.15) is 20.6 Å². The van der Waals surface area contributed by atoms with Crippen LogP contribution in [0, 0.1) is 0 Å². The molecular weight excluding hydrogens is 450 g/mol. The molecule has 5 heterocycles. The van der Waals surface area contributed by atoms with Crippen molar-refractivity contribution in [2.75, 3.05) is 35.7 Å². The number of aliphatic hydroxyl groups excluding tert-OH is 1. The highest BCUT2D eigenvalue weighted by molar-refractivity contribution is 7.85. The minimum absolute atomic E-state index is 0.0643. The largest absolute Gasteiger partial charge is 0.394 e. The van der Waals surface area contributed by atoms with Crippen LogP contribution < -0.4 is 10.2 Å². The third kappa shape index (κ3) is 3.40. The molecule has 0 radical (unpaired) electrons. The summed E-state index contributed by atoms with van der Waals surface area (Å²) >= 11 is 3.45. The highest BCUT2D eigenvalue weighted by Gasteiger charge is 2.39. The van der Waals surface area contributed by atoms with E-state index in [0.717, 1.165) is 59.2 Å². The van der Waals surface area contributed by atoms with Crippen LogP contribution in [0.1, 0.15) is 36.4 Å². The highest BCUT2D eigenvalue weighted by atomic mass is 32.2. The maximum Gasteiger partial charge on any atom is 0.227 e. The van der Waals surface area contributed by atoms with Gasteiger partial charge in [-0.05, 0) is 42.7 Å². The molecule has 0 aromatic carbocycles. The first-order valence-electron chi connectivity index (χ1n) is 10.6. The van der Waals surface area contributed by atoms with Crippen molar-refractivity contribution in [1.82, 2.24) is 15.0 Å². The number of nitrogens with one attached hydrogen (secondary N) is 1. The summed E-state index contributed by atoms with van der Waals surface area (Å²) in [6.07, 6.45) is 6.75. The Bertz CT molecular complexity index is 1180. The molecule has 1 aliphatic carbocycles. The van der Waals surface area contributed by atoms with Gasteiger partial charge in [-0.15, -0.1) is 22.7 Å². The molecule has 6 rings (SSSR count). The zero-order chi connectivity index (χ0) is 21.0. The van der Waals surface area contributed by atoms with E-state index >= 15 is 0 Å². The summed E-state index contributed by atoms with van der Waals surface area (Å²) < 4.78 is 13.9. The summed E-state index contributed by atoms with van der Waals surface area (Å²) in [5.74, 6) is 1.93. The van der Waals surface area contributed by atoms with E-state index in [2.05, 4.69) is 27.7 Å². The molecule has 162 valence electrons. The van der Waals surface area contributed by atoms with E-state index in [1.54, 1.807) is 22.7 Å². The Balaban J connectivity index is 1.28. The predicted molar refractivity (Wildman–Crippen MR) is 127 cm³/mol. The van der Waals surface area contributed by atoms with Crippen LogP contribution in [0.25, 0.3) is 15.1 Å². The van der Waals surface area contributed by atoms with Crippen molar-refractivity contribution < 1.29 is 9.32 Å². The normalized spacial score (nSPS) is 22.3. The fourth-order valence-electron chi connectivity index (χ4n) is 4.44. The second-order valence-electron chi connectivity index (χ2n) is 8.40. The van der Waals surface area contributed by atoms with Crippen molar-refractivity contribution in [1.29, 1.82) is 0 Å². The molecule has 0 bridgehead atoms. The van der Waals surface area contributed by atoms with Crippen molar-refractivity contribution in [3.8, 4) is 0 Å². The lowest BCUT2D eigenvalue weighted by Gasteiger charge is -2.41. The van der Waals surface area contributed by atoms with Crippen LogP contribution in [0.15, 0.2) is 22.4 Å². The van der Waals surface area contributed by atoms with Crippen molar-refractivity contribution >= 4 is 60.3 Å². The van der Waals surface area contributed by atoms with Gasteiger partial charge in [0, 0.05) is 25.3 Å². The fourth-order valence-corrected chi connectivity index (χ4v) is 7.75. The number of thiophene rings is 1. The molecule has 1 saturated carbocycles. The van der Waals surface area contributed by atoms with Crippen LogP contribution in [-0.2, 0) is 17.2 Å². The number of aryl methyl sites for hydroxylation is 1. The van der Waals surface area contributed by atoms with E-state index < -0.39 is 10.8 Å². The summed E-state index contributed by atoms with van der Waals surface area (Å²) in [6.45, 7) is 1.62. The van der Waals surface area contributed by atoms with Gasteiger partial charge in [-0.25, -0.2) is 9.97 Å². The van der Waals surface area contributed by atoms with Gasteiger partial charge in [0.15, 0.2) is 0 Å². The molecule has 3 aromatic heterocycles. The first-order chi connectivity index (χ1) is 15.1. The summed E-state index contributed by atoms with van der Waals surface area (Å²) in [7, 11) is -1.08. The van der Waals surface area contributed by atoms with E-state index in [9.17, 15) is 9.32 Å². The molecule has 1 fully saturated rings. The SMILES string of the molecule is O=[S@]1CCc2nc(N3CC=C(c4nc5sccc5s4)CC3)nc(NC3(CO)CCC3)c21. The van der Waals surface area contributed by atoms with Crippen molar-refractivity contribution in [3.63, 3.8) is 0 Å². The van der Waals surface area contributed by atoms with Crippen molar-refractivity contribution in [3.05, 3.63) is 28.2 Å². The molecule has 1 atom stereocenters. The molecule has 0 amide bonds. The molecule has 7 nitrogen and oxygen atoms in total. The third-order valence-electron chi connectivity index (χ3n) is 6.46. The van der Waals surface area contributed by atoms with Crippen LogP contribution in [0.5, 0.6) is 0 Å². The maximum absolute atomic E-state index is 12.6. The van der Waals surface area contributed by atoms with Crippen molar-refractivity contribution in [2.45, 2.75) is 42.5 Å². The standard InChI is InChI=1S/C21H23N5O2S3/c27-12-21(6-1-7-21)25-17-16-14(5-11-31(16)28)22-20(23-17)26-8-2-13(3-9-26)18-24-19-15(30-18)4-10-29-19/h2,4,10,27H,1,3,5-9,11-12H2,(H,22,23,25)/t31-/m0/s1. The quantitative estimate of drug-likeness (QED) is 0.587. The van der Waals surface area contributed by atoms with Crippen LogP contribution >= 0.6 is 22.7 Å². The van der Waals surface area contributed by atoms with E-state index in [-0.39, 0.29) is 12.1 Å². The third-order valence-corrected chi connectivity index (χ3v) is 9.95. The lowest BCUT2D eigenvalue weighted by atomic mass is 9.77. The van der Waals surface area contributed by atoms with E-state index in [1.807, 2.05) is 0 Å². The fraction of sp³-hybridized carbons (Fsp3) is 0.476. The highest BCUT2D eigenvalue weighted by Crippen LogP contribution is 2.39. The number of rotatable bonds is 5. The maximum atomic E-state index is 12.6. The van der Waals surface area contributed by atoms with Crippen LogP contribution in [0.4, 0.5) is 11.8 Å². The monoisotopic (exact) mass is 473 g/mol. The van der Waals surface area contributed by atoms with Gasteiger partial charge >= 0.3 is 0 Å². The zero-order valence-electron chi connectivity index (χ0n) is 17.0. The zero-order valence-corrected chi connectivity index (χ0v) is 19.4. The van der Waals surface area contributed by atoms with Gasteiger partial charge in [0.25, 0.3) is 0 Å². The number of hydrogen-bond acceptors (Lipinski definition) is 9.